The first-order chi connectivity index (χ1) is 40.6. The average Bonchev–Trinajstić information content (AvgIpc) is 3.46. The number of likely N-dealkylation sites (N-methyl/N-ethyl adjacent to an activating group) is 1. The predicted octanol–water partition coefficient (Wildman–Crippen LogP) is 19.9. The van der Waals surface area contributed by atoms with E-state index < -0.39 is 24.3 Å². The SMILES string of the molecule is CC/C=C\C/C=C\C/C=C\C/C=C\C/C=C\C/C=C\CCCCCCCCCCCCCCCCC(=O)OC(COC(=O)CCCCCCCCCCCCCCC/C=C\C/C=C\CCCCCCC)COC(OCC[N+](C)(C)C)C(=O)[O-]. The highest BCUT2D eigenvalue weighted by molar-refractivity contribution is 5.70. The second-order valence-electron chi connectivity index (χ2n) is 24.1. The third-order valence-corrected chi connectivity index (χ3v) is 14.8. The van der Waals surface area contributed by atoms with Crippen LogP contribution in [0.2, 0.25) is 0 Å². The lowest BCUT2D eigenvalue weighted by atomic mass is 10.0. The standard InChI is InChI=1S/C74H129NO8/c1-6-8-10-12-14-16-18-20-22-24-26-28-30-32-33-34-35-36-37-38-39-41-43-45-47-49-51-53-55-57-59-61-63-65-72(77)83-70(69-82-74(73(78)79)80-67-66-75(3,4)5)68-81-71(76)64-62-60-58-56-54-52-50-48-46-44-42-40-31-29-27-25-23-21-19-17-15-13-11-9-7-2/h8,10,14,16,19-22,25-28,32-33,35-36,70,74H,6-7,9,11-13,15,17-18,23-24,29-31,34,37-69H2,1-5H3/b10-8-,16-14-,21-19-,22-20-,27-25-,28-26-,33-32-,36-35-. The van der Waals surface area contributed by atoms with Crippen LogP contribution in [0.15, 0.2) is 97.2 Å². The lowest BCUT2D eigenvalue weighted by Gasteiger charge is -2.26. The number of unbranched alkanes of at least 4 members (excludes halogenated alkanes) is 32. The number of rotatable bonds is 63. The molecule has 0 aromatic rings. The molecule has 0 aliphatic carbocycles. The van der Waals surface area contributed by atoms with Gasteiger partial charge in [0, 0.05) is 12.8 Å². The summed E-state index contributed by atoms with van der Waals surface area (Å²) < 4.78 is 22.8. The van der Waals surface area contributed by atoms with Crippen LogP contribution in [0.5, 0.6) is 0 Å². The molecule has 0 spiro atoms. The number of nitrogens with zero attached hydrogens (tertiary/aromatic N) is 1. The van der Waals surface area contributed by atoms with Gasteiger partial charge in [-0.15, -0.1) is 0 Å². The van der Waals surface area contributed by atoms with Crippen molar-refractivity contribution in [3.8, 4) is 0 Å². The Morgan fingerprint density at radius 3 is 1.02 bits per heavy atom. The molecule has 0 aliphatic rings. The lowest BCUT2D eigenvalue weighted by Crippen LogP contribution is -2.44. The van der Waals surface area contributed by atoms with Gasteiger partial charge in [-0.25, -0.2) is 0 Å². The summed E-state index contributed by atoms with van der Waals surface area (Å²) in [6.07, 6.45) is 84.8. The van der Waals surface area contributed by atoms with Crippen molar-refractivity contribution in [1.82, 2.24) is 0 Å². The number of ether oxygens (including phenoxy) is 4. The van der Waals surface area contributed by atoms with Crippen molar-refractivity contribution in [3.63, 3.8) is 0 Å². The molecule has 0 aromatic carbocycles. The number of carbonyl (C=O) groups excluding carboxylic acids is 3. The number of esters is 2. The van der Waals surface area contributed by atoms with Gasteiger partial charge in [0.2, 0.25) is 0 Å². The molecule has 2 atom stereocenters. The first-order valence-corrected chi connectivity index (χ1v) is 34.4. The molecule has 0 rings (SSSR count). The number of aliphatic carboxylic acids is 1. The predicted molar refractivity (Wildman–Crippen MR) is 352 cm³/mol. The van der Waals surface area contributed by atoms with Gasteiger partial charge in [-0.1, -0.05) is 284 Å². The molecule has 2 unspecified atom stereocenters. The zero-order valence-electron chi connectivity index (χ0n) is 54.5. The lowest BCUT2D eigenvalue weighted by molar-refractivity contribution is -0.870. The fourth-order valence-electron chi connectivity index (χ4n) is 9.57. The van der Waals surface area contributed by atoms with Crippen LogP contribution in [-0.2, 0) is 33.3 Å². The molecule has 0 N–H and O–H groups in total. The van der Waals surface area contributed by atoms with Crippen molar-refractivity contribution in [2.75, 3.05) is 47.5 Å². The summed E-state index contributed by atoms with van der Waals surface area (Å²) in [5.74, 6) is -2.28. The fraction of sp³-hybridized carbons (Fsp3) is 0.743. The van der Waals surface area contributed by atoms with Crippen LogP contribution in [0.3, 0.4) is 0 Å². The molecule has 0 heterocycles. The van der Waals surface area contributed by atoms with E-state index in [0.29, 0.717) is 17.4 Å². The van der Waals surface area contributed by atoms with E-state index in [4.69, 9.17) is 18.9 Å². The van der Waals surface area contributed by atoms with Gasteiger partial charge in [-0.05, 0) is 96.3 Å². The Bertz CT molecular complexity index is 1680. The Balaban J connectivity index is 4.13. The first kappa shape index (κ1) is 79.2. The third-order valence-electron chi connectivity index (χ3n) is 14.8. The molecule has 0 saturated heterocycles. The van der Waals surface area contributed by atoms with E-state index in [1.807, 2.05) is 21.1 Å². The van der Waals surface area contributed by atoms with Gasteiger partial charge in [0.1, 0.15) is 13.2 Å². The normalized spacial score (nSPS) is 13.3. The largest absolute Gasteiger partial charge is 0.545 e. The molecule has 0 radical (unpaired) electrons. The van der Waals surface area contributed by atoms with Gasteiger partial charge >= 0.3 is 11.9 Å². The summed E-state index contributed by atoms with van der Waals surface area (Å²) in [5.41, 5.74) is 0. The molecule has 9 nitrogen and oxygen atoms in total. The topological polar surface area (TPSA) is 111 Å². The smallest absolute Gasteiger partial charge is 0.306 e. The maximum absolute atomic E-state index is 12.9. The molecular formula is C74H129NO8. The van der Waals surface area contributed by atoms with Gasteiger partial charge in [0.05, 0.1) is 40.3 Å². The number of quaternary nitrogens is 1. The number of hydrogen-bond acceptors (Lipinski definition) is 8. The van der Waals surface area contributed by atoms with E-state index >= 15 is 0 Å². The molecule has 0 saturated carbocycles. The summed E-state index contributed by atoms with van der Waals surface area (Å²) in [4.78, 5) is 37.5. The van der Waals surface area contributed by atoms with Crippen molar-refractivity contribution in [2.24, 2.45) is 0 Å². The van der Waals surface area contributed by atoms with E-state index in [1.54, 1.807) is 0 Å². The van der Waals surface area contributed by atoms with Crippen LogP contribution < -0.4 is 5.11 Å². The second kappa shape index (κ2) is 64.2. The van der Waals surface area contributed by atoms with Crippen LogP contribution in [-0.4, -0.2) is 82.3 Å². The minimum Gasteiger partial charge on any atom is -0.545 e. The molecule has 0 amide bonds. The van der Waals surface area contributed by atoms with E-state index in [1.165, 1.54) is 180 Å². The molecule has 0 aliphatic heterocycles. The van der Waals surface area contributed by atoms with Crippen LogP contribution in [0.4, 0.5) is 0 Å². The number of hydrogen-bond donors (Lipinski definition) is 0. The minimum atomic E-state index is -1.63. The Hall–Kier alpha value is -3.79. The van der Waals surface area contributed by atoms with Crippen LogP contribution in [0.1, 0.15) is 296 Å². The van der Waals surface area contributed by atoms with E-state index in [9.17, 15) is 19.5 Å². The highest BCUT2D eigenvalue weighted by Gasteiger charge is 2.22. The Morgan fingerprint density at radius 2 is 0.687 bits per heavy atom. The van der Waals surface area contributed by atoms with Crippen molar-refractivity contribution >= 4 is 17.9 Å². The van der Waals surface area contributed by atoms with Crippen molar-refractivity contribution < 1.29 is 42.9 Å². The minimum absolute atomic E-state index is 0.145. The second-order valence-corrected chi connectivity index (χ2v) is 24.1. The maximum Gasteiger partial charge on any atom is 0.306 e. The number of carbonyl (C=O) groups is 3. The van der Waals surface area contributed by atoms with Crippen molar-refractivity contribution in [2.45, 2.75) is 309 Å². The number of carboxylic acid groups (broad SMARTS) is 1. The summed E-state index contributed by atoms with van der Waals surface area (Å²) in [7, 11) is 5.93. The first-order valence-electron chi connectivity index (χ1n) is 34.4. The van der Waals surface area contributed by atoms with Gasteiger partial charge in [0.25, 0.3) is 0 Å². The average molecular weight is 1160 g/mol. The Labute approximate surface area is 512 Å². The van der Waals surface area contributed by atoms with E-state index in [-0.39, 0.29) is 38.6 Å². The molecule has 9 heteroatoms. The number of carboxylic acids is 1. The molecule has 478 valence electrons. The zero-order chi connectivity index (χ0) is 60.5. The summed E-state index contributed by atoms with van der Waals surface area (Å²) >= 11 is 0. The highest BCUT2D eigenvalue weighted by Crippen LogP contribution is 2.17. The monoisotopic (exact) mass is 1160 g/mol. The van der Waals surface area contributed by atoms with Crippen molar-refractivity contribution in [1.29, 1.82) is 0 Å². The highest BCUT2D eigenvalue weighted by atomic mass is 16.7. The third kappa shape index (κ3) is 65.6. The molecular weight excluding hydrogens is 1030 g/mol. The van der Waals surface area contributed by atoms with Gasteiger partial charge in [0.15, 0.2) is 12.4 Å². The summed E-state index contributed by atoms with van der Waals surface area (Å²) in [5, 5.41) is 11.8. The molecule has 0 bridgehead atoms. The van der Waals surface area contributed by atoms with Gasteiger partial charge in [-0.3, -0.25) is 9.59 Å². The summed E-state index contributed by atoms with van der Waals surface area (Å²) in [6.45, 7) is 4.65. The molecule has 83 heavy (non-hydrogen) atoms. The zero-order valence-corrected chi connectivity index (χ0v) is 54.5. The van der Waals surface area contributed by atoms with Gasteiger partial charge in [-0.2, -0.15) is 0 Å². The number of allylic oxidation sites excluding steroid dienone is 16. The van der Waals surface area contributed by atoms with Crippen LogP contribution in [0, 0.1) is 0 Å². The Morgan fingerprint density at radius 1 is 0.373 bits per heavy atom. The van der Waals surface area contributed by atoms with Crippen LogP contribution >= 0.6 is 0 Å². The van der Waals surface area contributed by atoms with Crippen LogP contribution in [0.25, 0.3) is 0 Å². The summed E-state index contributed by atoms with van der Waals surface area (Å²) in [6, 6.07) is 0. The quantitative estimate of drug-likeness (QED) is 0.0195. The molecule has 0 fully saturated rings. The van der Waals surface area contributed by atoms with Crippen molar-refractivity contribution in [3.05, 3.63) is 97.2 Å². The Kier molecular flexibility index (Phi) is 61.3. The van der Waals surface area contributed by atoms with E-state index in [0.717, 1.165) is 83.5 Å². The maximum atomic E-state index is 12.9. The molecule has 0 aromatic heterocycles. The fourth-order valence-corrected chi connectivity index (χ4v) is 9.57. The van der Waals surface area contributed by atoms with Gasteiger partial charge < -0.3 is 33.3 Å². The van der Waals surface area contributed by atoms with E-state index in [2.05, 4.69) is 111 Å².